The maximum Gasteiger partial charge on any atom is 0.335 e. The van der Waals surface area contributed by atoms with Gasteiger partial charge in [0.1, 0.15) is 18.2 Å². The number of fused-ring (bicyclic) bond motifs is 1. The summed E-state index contributed by atoms with van der Waals surface area (Å²) in [4.78, 5) is 11.2. The molecule has 1 N–H and O–H groups in total. The third-order valence-corrected chi connectivity index (χ3v) is 5.25. The maximum absolute atomic E-state index is 14.1. The van der Waals surface area contributed by atoms with Crippen LogP contribution in [0.5, 0.6) is 5.75 Å². The van der Waals surface area contributed by atoms with Gasteiger partial charge in [0.25, 0.3) is 0 Å². The molecule has 4 rings (SSSR count). The average molecular weight is 444 g/mol. The minimum atomic E-state index is -0.968. The molecule has 0 aliphatic carbocycles. The summed E-state index contributed by atoms with van der Waals surface area (Å²) in [5, 5.41) is 10.9. The van der Waals surface area contributed by atoms with E-state index in [0.29, 0.717) is 27.9 Å². The van der Waals surface area contributed by atoms with Crippen LogP contribution in [0.1, 0.15) is 21.5 Å². The lowest BCUT2D eigenvalue weighted by Gasteiger charge is -2.14. The van der Waals surface area contributed by atoms with E-state index in [-0.39, 0.29) is 12.2 Å². The Labute approximate surface area is 182 Å². The molecule has 0 unspecified atom stereocenters. The Morgan fingerprint density at radius 2 is 1.73 bits per heavy atom. The van der Waals surface area contributed by atoms with Crippen LogP contribution in [0.4, 0.5) is 4.39 Å². The van der Waals surface area contributed by atoms with Crippen molar-refractivity contribution in [3.05, 3.63) is 99.4 Å². The van der Waals surface area contributed by atoms with E-state index in [1.54, 1.807) is 48.5 Å². The standard InChI is InChI=1S/C23H16Cl2FNO3/c24-18-4-6-22(30-13-16-1-3-19(25)11-20(16)26)17(10-18)12-27-8-7-14-9-15(23(28)29)2-5-21(14)27/h1-11H,12-13H2,(H,28,29). The Bertz CT molecular complexity index is 1250. The highest BCUT2D eigenvalue weighted by Gasteiger charge is 2.11. The molecule has 0 saturated carbocycles. The van der Waals surface area contributed by atoms with Crippen molar-refractivity contribution in [3.8, 4) is 5.75 Å². The fourth-order valence-electron chi connectivity index (χ4n) is 3.26. The number of benzene rings is 3. The molecular formula is C23H16Cl2FNO3. The van der Waals surface area contributed by atoms with Gasteiger partial charge in [-0.2, -0.15) is 0 Å². The molecule has 1 aromatic heterocycles. The second-order valence-electron chi connectivity index (χ2n) is 6.80. The summed E-state index contributed by atoms with van der Waals surface area (Å²) >= 11 is 12.0. The van der Waals surface area contributed by atoms with E-state index in [1.807, 2.05) is 16.8 Å². The van der Waals surface area contributed by atoms with Gasteiger partial charge in [-0.1, -0.05) is 29.3 Å². The number of aromatic carboxylic acids is 1. The minimum absolute atomic E-state index is 0.0477. The molecule has 3 aromatic carbocycles. The van der Waals surface area contributed by atoms with Gasteiger partial charge in [0, 0.05) is 38.3 Å². The van der Waals surface area contributed by atoms with Crippen molar-refractivity contribution in [2.24, 2.45) is 0 Å². The predicted octanol–water partition coefficient (Wildman–Crippen LogP) is 6.41. The van der Waals surface area contributed by atoms with Crippen LogP contribution in [0.3, 0.4) is 0 Å². The molecule has 1 heterocycles. The zero-order valence-electron chi connectivity index (χ0n) is 15.6. The first-order valence-corrected chi connectivity index (χ1v) is 9.83. The molecule has 0 fully saturated rings. The van der Waals surface area contributed by atoms with Crippen molar-refractivity contribution in [1.29, 1.82) is 0 Å². The van der Waals surface area contributed by atoms with Gasteiger partial charge < -0.3 is 14.4 Å². The number of carboxylic acid groups (broad SMARTS) is 1. The molecule has 0 amide bonds. The molecule has 0 spiro atoms. The Hall–Kier alpha value is -3.02. The summed E-state index contributed by atoms with van der Waals surface area (Å²) in [6, 6.07) is 16.5. The lowest BCUT2D eigenvalue weighted by molar-refractivity contribution is 0.0697. The van der Waals surface area contributed by atoms with Gasteiger partial charge in [-0.25, -0.2) is 9.18 Å². The number of ether oxygens (including phenoxy) is 1. The van der Waals surface area contributed by atoms with E-state index < -0.39 is 11.8 Å². The summed E-state index contributed by atoms with van der Waals surface area (Å²) in [5.74, 6) is -0.814. The first-order chi connectivity index (χ1) is 14.4. The highest BCUT2D eigenvalue weighted by molar-refractivity contribution is 6.30. The summed E-state index contributed by atoms with van der Waals surface area (Å²) in [6.07, 6.45) is 1.87. The van der Waals surface area contributed by atoms with Crippen molar-refractivity contribution in [2.45, 2.75) is 13.2 Å². The second kappa shape index (κ2) is 8.38. The fourth-order valence-corrected chi connectivity index (χ4v) is 3.61. The second-order valence-corrected chi connectivity index (χ2v) is 7.67. The lowest BCUT2D eigenvalue weighted by atomic mass is 10.1. The predicted molar refractivity (Wildman–Crippen MR) is 115 cm³/mol. The van der Waals surface area contributed by atoms with Crippen molar-refractivity contribution < 1.29 is 19.0 Å². The number of hydrogen-bond donors (Lipinski definition) is 1. The summed E-state index contributed by atoms with van der Waals surface area (Å²) in [5.41, 5.74) is 2.33. The summed E-state index contributed by atoms with van der Waals surface area (Å²) in [7, 11) is 0. The Kier molecular flexibility index (Phi) is 5.66. The molecule has 0 bridgehead atoms. The van der Waals surface area contributed by atoms with Gasteiger partial charge in [-0.05, 0) is 54.6 Å². The molecule has 0 radical (unpaired) electrons. The number of hydrogen-bond acceptors (Lipinski definition) is 2. The van der Waals surface area contributed by atoms with E-state index in [9.17, 15) is 9.18 Å². The average Bonchev–Trinajstić information content (AvgIpc) is 3.10. The van der Waals surface area contributed by atoms with Gasteiger partial charge in [0.05, 0.1) is 12.1 Å². The van der Waals surface area contributed by atoms with Gasteiger partial charge in [0.2, 0.25) is 0 Å². The van der Waals surface area contributed by atoms with Crippen molar-refractivity contribution >= 4 is 40.1 Å². The number of rotatable bonds is 6. The molecule has 0 aliphatic rings. The monoisotopic (exact) mass is 443 g/mol. The zero-order valence-corrected chi connectivity index (χ0v) is 17.1. The quantitative estimate of drug-likeness (QED) is 0.374. The first-order valence-electron chi connectivity index (χ1n) is 9.08. The van der Waals surface area contributed by atoms with Crippen LogP contribution in [0.25, 0.3) is 10.9 Å². The number of carboxylic acids is 1. The molecule has 0 aliphatic heterocycles. The molecular weight excluding hydrogens is 428 g/mol. The Balaban J connectivity index is 1.61. The van der Waals surface area contributed by atoms with Crippen LogP contribution in [0, 0.1) is 5.82 Å². The Morgan fingerprint density at radius 3 is 2.50 bits per heavy atom. The van der Waals surface area contributed by atoms with Gasteiger partial charge in [-0.15, -0.1) is 0 Å². The van der Waals surface area contributed by atoms with Crippen LogP contribution in [0.2, 0.25) is 10.0 Å². The van der Waals surface area contributed by atoms with Gasteiger partial charge in [-0.3, -0.25) is 0 Å². The highest BCUT2D eigenvalue weighted by Crippen LogP contribution is 2.27. The van der Waals surface area contributed by atoms with Gasteiger partial charge >= 0.3 is 5.97 Å². The largest absolute Gasteiger partial charge is 0.488 e. The molecule has 4 nitrogen and oxygen atoms in total. The molecule has 4 aromatic rings. The number of carbonyl (C=O) groups is 1. The van der Waals surface area contributed by atoms with Crippen molar-refractivity contribution in [2.75, 3.05) is 0 Å². The smallest absolute Gasteiger partial charge is 0.335 e. The number of halogens is 3. The van der Waals surface area contributed by atoms with Crippen molar-refractivity contribution in [1.82, 2.24) is 4.57 Å². The van der Waals surface area contributed by atoms with E-state index in [2.05, 4.69) is 0 Å². The fraction of sp³-hybridized carbons (Fsp3) is 0.0870. The van der Waals surface area contributed by atoms with Crippen LogP contribution in [-0.2, 0) is 13.2 Å². The molecule has 30 heavy (non-hydrogen) atoms. The van der Waals surface area contributed by atoms with Gasteiger partial charge in [0.15, 0.2) is 0 Å². The van der Waals surface area contributed by atoms with Crippen molar-refractivity contribution in [3.63, 3.8) is 0 Å². The summed E-state index contributed by atoms with van der Waals surface area (Å²) in [6.45, 7) is 0.501. The van der Waals surface area contributed by atoms with Crippen LogP contribution >= 0.6 is 23.2 Å². The number of nitrogens with zero attached hydrogens (tertiary/aromatic N) is 1. The molecule has 0 atom stereocenters. The highest BCUT2D eigenvalue weighted by atomic mass is 35.5. The van der Waals surface area contributed by atoms with Crippen LogP contribution in [-0.4, -0.2) is 15.6 Å². The summed E-state index contributed by atoms with van der Waals surface area (Å²) < 4.78 is 21.9. The zero-order chi connectivity index (χ0) is 21.3. The Morgan fingerprint density at radius 1 is 0.967 bits per heavy atom. The van der Waals surface area contributed by atoms with E-state index in [1.165, 1.54) is 6.07 Å². The SMILES string of the molecule is O=C(O)c1ccc2c(ccn2Cc2cc(Cl)ccc2OCc2ccc(Cl)cc2F)c1. The molecule has 152 valence electrons. The molecule has 7 heteroatoms. The van der Waals surface area contributed by atoms with Crippen LogP contribution in [0.15, 0.2) is 66.9 Å². The van der Waals surface area contributed by atoms with E-state index in [4.69, 9.17) is 33.0 Å². The topological polar surface area (TPSA) is 51.5 Å². The maximum atomic E-state index is 14.1. The lowest BCUT2D eigenvalue weighted by Crippen LogP contribution is -2.04. The van der Waals surface area contributed by atoms with Crippen LogP contribution < -0.4 is 4.74 Å². The normalized spacial score (nSPS) is 11.0. The third kappa shape index (κ3) is 4.27. The van der Waals surface area contributed by atoms with E-state index >= 15 is 0 Å². The molecule has 0 saturated heterocycles. The minimum Gasteiger partial charge on any atom is -0.488 e. The van der Waals surface area contributed by atoms with E-state index in [0.717, 1.165) is 16.5 Å². The first kappa shape index (κ1) is 20.3. The third-order valence-electron chi connectivity index (χ3n) is 4.78. The number of aromatic nitrogens is 1.